The van der Waals surface area contributed by atoms with Gasteiger partial charge in [0.25, 0.3) is 5.56 Å². The summed E-state index contributed by atoms with van der Waals surface area (Å²) in [7, 11) is 0. The molecule has 0 aliphatic carbocycles. The molecule has 7 heteroatoms. The summed E-state index contributed by atoms with van der Waals surface area (Å²) in [5.74, 6) is 0.895. The maximum absolute atomic E-state index is 12.0. The lowest BCUT2D eigenvalue weighted by atomic mass is 10.0. The smallest absolute Gasteiger partial charge is 0.267 e. The minimum Gasteiger partial charge on any atom is -0.359 e. The van der Waals surface area contributed by atoms with E-state index in [0.29, 0.717) is 6.04 Å². The molecule has 6 nitrogen and oxygen atoms in total. The molecule has 0 aromatic carbocycles. The Bertz CT molecular complexity index is 763. The highest BCUT2D eigenvalue weighted by molar-refractivity contribution is 7.15. The van der Waals surface area contributed by atoms with Crippen LogP contribution in [0.2, 0.25) is 0 Å². The molecule has 0 bridgehead atoms. The molecule has 3 rings (SSSR count). The Hall–Kier alpha value is -1.89. The number of aromatic nitrogens is 3. The first kappa shape index (κ1) is 17.9. The SMILES string of the molecule is Cc1nc(NCC2CCCCN2c2ccc(=O)n(C(C)C)n2)sc1C. The molecule has 0 amide bonds. The van der Waals surface area contributed by atoms with Crippen molar-refractivity contribution in [1.29, 1.82) is 0 Å². The highest BCUT2D eigenvalue weighted by Crippen LogP contribution is 2.25. The van der Waals surface area contributed by atoms with Gasteiger partial charge in [-0.05, 0) is 53.0 Å². The fraction of sp³-hybridized carbons (Fsp3) is 0.611. The predicted molar refractivity (Wildman–Crippen MR) is 104 cm³/mol. The molecule has 2 aromatic rings. The number of hydrogen-bond donors (Lipinski definition) is 1. The normalized spacial score (nSPS) is 18.0. The second kappa shape index (κ2) is 7.56. The molecule has 1 unspecified atom stereocenters. The van der Waals surface area contributed by atoms with Gasteiger partial charge in [-0.25, -0.2) is 9.67 Å². The molecule has 0 spiro atoms. The van der Waals surface area contributed by atoms with Crippen molar-refractivity contribution < 1.29 is 0 Å². The number of nitrogens with zero attached hydrogens (tertiary/aromatic N) is 4. The molecule has 0 saturated carbocycles. The summed E-state index contributed by atoms with van der Waals surface area (Å²) < 4.78 is 1.57. The van der Waals surface area contributed by atoms with E-state index in [0.717, 1.165) is 42.6 Å². The Labute approximate surface area is 152 Å². The summed E-state index contributed by atoms with van der Waals surface area (Å²) in [6.45, 7) is 9.94. The molecule has 136 valence electrons. The Morgan fingerprint density at radius 1 is 1.32 bits per heavy atom. The van der Waals surface area contributed by atoms with Crippen LogP contribution >= 0.6 is 11.3 Å². The molecule has 25 heavy (non-hydrogen) atoms. The van der Waals surface area contributed by atoms with Crippen molar-refractivity contribution in [2.45, 2.75) is 59.0 Å². The van der Waals surface area contributed by atoms with Crippen LogP contribution in [0.15, 0.2) is 16.9 Å². The van der Waals surface area contributed by atoms with E-state index in [2.05, 4.69) is 27.2 Å². The van der Waals surface area contributed by atoms with E-state index < -0.39 is 0 Å². The van der Waals surface area contributed by atoms with E-state index in [1.807, 2.05) is 26.8 Å². The van der Waals surface area contributed by atoms with Crippen LogP contribution in [-0.2, 0) is 0 Å². The molecule has 1 saturated heterocycles. The topological polar surface area (TPSA) is 63.1 Å². The van der Waals surface area contributed by atoms with Crippen LogP contribution in [0.25, 0.3) is 0 Å². The zero-order valence-corrected chi connectivity index (χ0v) is 16.3. The first-order valence-corrected chi connectivity index (χ1v) is 9.81. The summed E-state index contributed by atoms with van der Waals surface area (Å²) in [6, 6.07) is 3.92. The Morgan fingerprint density at radius 3 is 2.80 bits per heavy atom. The summed E-state index contributed by atoms with van der Waals surface area (Å²) in [4.78, 5) is 20.1. The van der Waals surface area contributed by atoms with E-state index in [4.69, 9.17) is 0 Å². The molecule has 2 aromatic heterocycles. The first-order valence-electron chi connectivity index (χ1n) is 9.00. The minimum atomic E-state index is -0.0424. The van der Waals surface area contributed by atoms with Crippen LogP contribution in [0.3, 0.4) is 0 Å². The quantitative estimate of drug-likeness (QED) is 0.885. The summed E-state index contributed by atoms with van der Waals surface area (Å²) in [5.41, 5.74) is 1.05. The third-order valence-corrected chi connectivity index (χ3v) is 5.77. The van der Waals surface area contributed by atoms with E-state index in [1.165, 1.54) is 11.3 Å². The molecule has 0 radical (unpaired) electrons. The van der Waals surface area contributed by atoms with Gasteiger partial charge in [0, 0.05) is 30.1 Å². The molecule has 1 fully saturated rings. The van der Waals surface area contributed by atoms with Gasteiger partial charge in [0.1, 0.15) is 5.82 Å². The molecule has 1 N–H and O–H groups in total. The lowest BCUT2D eigenvalue weighted by Gasteiger charge is -2.36. The summed E-state index contributed by atoms with van der Waals surface area (Å²) in [6.07, 6.45) is 3.51. The monoisotopic (exact) mass is 361 g/mol. The number of anilines is 2. The van der Waals surface area contributed by atoms with Crippen molar-refractivity contribution >= 4 is 22.3 Å². The first-order chi connectivity index (χ1) is 12.0. The van der Waals surface area contributed by atoms with Crippen molar-refractivity contribution in [3.8, 4) is 0 Å². The number of thiazole rings is 1. The predicted octanol–water partition coefficient (Wildman–Crippen LogP) is 3.37. The zero-order valence-electron chi connectivity index (χ0n) is 15.5. The molecule has 1 aliphatic rings. The van der Waals surface area contributed by atoms with E-state index >= 15 is 0 Å². The standard InChI is InChI=1S/C18H27N5OS/c1-12(2)23-17(24)9-8-16(21-23)22-10-6-5-7-15(22)11-19-18-20-13(3)14(4)25-18/h8-9,12,15H,5-7,10-11H2,1-4H3,(H,19,20). The minimum absolute atomic E-state index is 0.0424. The zero-order chi connectivity index (χ0) is 18.0. The van der Waals surface area contributed by atoms with Crippen LogP contribution in [0.4, 0.5) is 10.9 Å². The van der Waals surface area contributed by atoms with E-state index in [1.54, 1.807) is 22.1 Å². The lowest BCUT2D eigenvalue weighted by Crippen LogP contribution is -2.45. The Morgan fingerprint density at radius 2 is 2.12 bits per heavy atom. The van der Waals surface area contributed by atoms with Gasteiger partial charge in [0.05, 0.1) is 11.7 Å². The van der Waals surface area contributed by atoms with Crippen molar-refractivity contribution in [2.24, 2.45) is 0 Å². The molecular formula is C18H27N5OS. The van der Waals surface area contributed by atoms with Crippen LogP contribution in [0.5, 0.6) is 0 Å². The number of aryl methyl sites for hydroxylation is 2. The largest absolute Gasteiger partial charge is 0.359 e. The van der Waals surface area contributed by atoms with Gasteiger partial charge in [-0.1, -0.05) is 0 Å². The number of piperidine rings is 1. The average molecular weight is 362 g/mol. The van der Waals surface area contributed by atoms with Crippen molar-refractivity contribution in [3.63, 3.8) is 0 Å². The lowest BCUT2D eigenvalue weighted by molar-refractivity contribution is 0.451. The van der Waals surface area contributed by atoms with Gasteiger partial charge in [-0.15, -0.1) is 11.3 Å². The maximum atomic E-state index is 12.0. The second-order valence-corrected chi connectivity index (χ2v) is 8.16. The molecule has 1 atom stereocenters. The van der Waals surface area contributed by atoms with Crippen LogP contribution in [0.1, 0.15) is 49.7 Å². The Kier molecular flexibility index (Phi) is 5.42. The number of hydrogen-bond acceptors (Lipinski definition) is 6. The molecule has 1 aliphatic heterocycles. The third kappa shape index (κ3) is 4.03. The second-order valence-electron chi connectivity index (χ2n) is 6.95. The number of nitrogens with one attached hydrogen (secondary N) is 1. The Balaban J connectivity index is 1.76. The van der Waals surface area contributed by atoms with Gasteiger partial charge in [-0.3, -0.25) is 4.79 Å². The van der Waals surface area contributed by atoms with Crippen molar-refractivity contribution in [2.75, 3.05) is 23.3 Å². The van der Waals surface area contributed by atoms with Gasteiger partial charge in [0.2, 0.25) is 0 Å². The van der Waals surface area contributed by atoms with Gasteiger partial charge in [0.15, 0.2) is 5.13 Å². The van der Waals surface area contributed by atoms with Gasteiger partial charge < -0.3 is 10.2 Å². The van der Waals surface area contributed by atoms with Crippen LogP contribution in [0, 0.1) is 13.8 Å². The average Bonchev–Trinajstić information content (AvgIpc) is 2.91. The van der Waals surface area contributed by atoms with E-state index in [-0.39, 0.29) is 11.6 Å². The van der Waals surface area contributed by atoms with Crippen LogP contribution in [-0.4, -0.2) is 33.9 Å². The summed E-state index contributed by atoms with van der Waals surface area (Å²) >= 11 is 1.71. The number of rotatable bonds is 5. The highest BCUT2D eigenvalue weighted by atomic mass is 32.1. The fourth-order valence-electron chi connectivity index (χ4n) is 3.21. The maximum Gasteiger partial charge on any atom is 0.267 e. The van der Waals surface area contributed by atoms with Gasteiger partial charge in [-0.2, -0.15) is 5.10 Å². The van der Waals surface area contributed by atoms with Crippen molar-refractivity contribution in [3.05, 3.63) is 33.1 Å². The van der Waals surface area contributed by atoms with Crippen LogP contribution < -0.4 is 15.8 Å². The highest BCUT2D eigenvalue weighted by Gasteiger charge is 2.24. The van der Waals surface area contributed by atoms with Gasteiger partial charge >= 0.3 is 0 Å². The van der Waals surface area contributed by atoms with Crippen molar-refractivity contribution in [1.82, 2.24) is 14.8 Å². The molecular weight excluding hydrogens is 334 g/mol. The van der Waals surface area contributed by atoms with E-state index in [9.17, 15) is 4.79 Å². The third-order valence-electron chi connectivity index (χ3n) is 4.74. The fourth-order valence-corrected chi connectivity index (χ4v) is 4.03. The summed E-state index contributed by atoms with van der Waals surface area (Å²) in [5, 5.41) is 9.09. The molecule has 3 heterocycles.